The number of amides is 1. The van der Waals surface area contributed by atoms with Crippen molar-refractivity contribution in [3.8, 4) is 0 Å². The third-order valence-electron chi connectivity index (χ3n) is 7.79. The standard InChI is InChI=1S/C28H47NO5/c1-2-3-6-9-24(30)18-16-22-17-19-26(31)25(22)10-7-4-5-8-11-27(32)29-20-21-12-14-23(15-13-21)28(33)34/h16,18,21-25,30H,2-15,17,19-20H2,1H3,(H,29,32)(H,33,34)/t21?,22-,23?,24-,25+/m0/s1. The summed E-state index contributed by atoms with van der Waals surface area (Å²) in [4.78, 5) is 35.5. The lowest BCUT2D eigenvalue weighted by Crippen LogP contribution is -2.32. The van der Waals surface area contributed by atoms with E-state index in [0.717, 1.165) is 89.9 Å². The third-order valence-corrected chi connectivity index (χ3v) is 7.79. The van der Waals surface area contributed by atoms with Crippen molar-refractivity contribution in [1.29, 1.82) is 0 Å². The van der Waals surface area contributed by atoms with Crippen molar-refractivity contribution in [1.82, 2.24) is 5.32 Å². The normalized spacial score (nSPS) is 26.1. The van der Waals surface area contributed by atoms with Crippen LogP contribution in [0, 0.1) is 23.7 Å². The van der Waals surface area contributed by atoms with Crippen molar-refractivity contribution in [3.63, 3.8) is 0 Å². The SMILES string of the molecule is CCCCC[C@H](O)C=C[C@H]1CCC(=O)[C@@H]1CCCCCCC(=O)NCC1CCC(C(=O)O)CC1. The van der Waals surface area contributed by atoms with E-state index in [-0.39, 0.29) is 23.7 Å². The molecule has 34 heavy (non-hydrogen) atoms. The Balaban J connectivity index is 1.53. The number of aliphatic carboxylic acids is 1. The number of aliphatic hydroxyl groups is 1. The van der Waals surface area contributed by atoms with Gasteiger partial charge in [-0.15, -0.1) is 0 Å². The molecule has 6 heteroatoms. The maximum atomic E-state index is 12.3. The second-order valence-electron chi connectivity index (χ2n) is 10.5. The number of hydrogen-bond donors (Lipinski definition) is 3. The smallest absolute Gasteiger partial charge is 0.306 e. The van der Waals surface area contributed by atoms with Crippen molar-refractivity contribution in [3.05, 3.63) is 12.2 Å². The van der Waals surface area contributed by atoms with Gasteiger partial charge in [-0.05, 0) is 63.2 Å². The summed E-state index contributed by atoms with van der Waals surface area (Å²) in [6.07, 6.45) is 17.8. The van der Waals surface area contributed by atoms with Gasteiger partial charge in [0.2, 0.25) is 5.91 Å². The highest BCUT2D eigenvalue weighted by Crippen LogP contribution is 2.34. The number of carboxylic acids is 1. The Morgan fingerprint density at radius 2 is 1.76 bits per heavy atom. The molecule has 0 bridgehead atoms. The van der Waals surface area contributed by atoms with E-state index in [9.17, 15) is 19.5 Å². The number of carboxylic acid groups (broad SMARTS) is 1. The highest BCUT2D eigenvalue weighted by Gasteiger charge is 2.32. The molecular formula is C28H47NO5. The van der Waals surface area contributed by atoms with Crippen LogP contribution in [0.1, 0.15) is 110 Å². The molecule has 0 heterocycles. The van der Waals surface area contributed by atoms with Crippen molar-refractivity contribution in [2.24, 2.45) is 23.7 Å². The van der Waals surface area contributed by atoms with Crippen LogP contribution in [0.5, 0.6) is 0 Å². The first-order chi connectivity index (χ1) is 16.4. The Morgan fingerprint density at radius 3 is 2.47 bits per heavy atom. The van der Waals surface area contributed by atoms with Gasteiger partial charge < -0.3 is 15.5 Å². The Kier molecular flexibility index (Phi) is 13.5. The number of unbranched alkanes of at least 4 members (excludes halogenated alkanes) is 5. The summed E-state index contributed by atoms with van der Waals surface area (Å²) in [5.74, 6) is 0.329. The fraction of sp³-hybridized carbons (Fsp3) is 0.821. The van der Waals surface area contributed by atoms with E-state index in [1.54, 1.807) is 0 Å². The molecule has 2 rings (SSSR count). The molecule has 0 radical (unpaired) electrons. The number of carbonyl (C=O) groups excluding carboxylic acids is 2. The van der Waals surface area contributed by atoms with Gasteiger partial charge in [-0.25, -0.2) is 0 Å². The van der Waals surface area contributed by atoms with Crippen molar-refractivity contribution < 1.29 is 24.6 Å². The Labute approximate surface area is 206 Å². The maximum Gasteiger partial charge on any atom is 0.306 e. The molecule has 3 atom stereocenters. The third kappa shape index (κ3) is 10.7. The van der Waals surface area contributed by atoms with Crippen molar-refractivity contribution in [2.45, 2.75) is 116 Å². The predicted octanol–water partition coefficient (Wildman–Crippen LogP) is 5.43. The van der Waals surface area contributed by atoms with Crippen LogP contribution in [0.4, 0.5) is 0 Å². The molecule has 0 aromatic rings. The lowest BCUT2D eigenvalue weighted by atomic mass is 9.82. The first-order valence-electron chi connectivity index (χ1n) is 13.8. The second kappa shape index (κ2) is 16.1. The van der Waals surface area contributed by atoms with Gasteiger partial charge in [-0.1, -0.05) is 57.6 Å². The highest BCUT2D eigenvalue weighted by molar-refractivity contribution is 5.83. The van der Waals surface area contributed by atoms with Gasteiger partial charge in [0.15, 0.2) is 0 Å². The van der Waals surface area contributed by atoms with Gasteiger partial charge >= 0.3 is 5.97 Å². The molecule has 2 saturated carbocycles. The summed E-state index contributed by atoms with van der Waals surface area (Å²) in [7, 11) is 0. The summed E-state index contributed by atoms with van der Waals surface area (Å²) in [6, 6.07) is 0. The first kappa shape index (κ1) is 28.5. The van der Waals surface area contributed by atoms with E-state index in [2.05, 4.69) is 18.3 Å². The van der Waals surface area contributed by atoms with E-state index < -0.39 is 12.1 Å². The van der Waals surface area contributed by atoms with Gasteiger partial charge in [0.05, 0.1) is 12.0 Å². The Hall–Kier alpha value is -1.69. The quantitative estimate of drug-likeness (QED) is 0.203. The Morgan fingerprint density at radius 1 is 1.03 bits per heavy atom. The van der Waals surface area contributed by atoms with E-state index in [1.807, 2.05) is 6.08 Å². The van der Waals surface area contributed by atoms with Crippen LogP contribution in [0.3, 0.4) is 0 Å². The molecule has 0 aromatic heterocycles. The van der Waals surface area contributed by atoms with Crippen LogP contribution < -0.4 is 5.32 Å². The predicted molar refractivity (Wildman–Crippen MR) is 134 cm³/mol. The molecule has 0 unspecified atom stereocenters. The zero-order chi connectivity index (χ0) is 24.8. The lowest BCUT2D eigenvalue weighted by Gasteiger charge is -2.26. The molecule has 3 N–H and O–H groups in total. The van der Waals surface area contributed by atoms with Gasteiger partial charge in [0.1, 0.15) is 5.78 Å². The number of ketones is 1. The number of allylic oxidation sites excluding steroid dienone is 1. The molecule has 0 saturated heterocycles. The molecule has 194 valence electrons. The lowest BCUT2D eigenvalue weighted by molar-refractivity contribution is -0.143. The molecular weight excluding hydrogens is 430 g/mol. The van der Waals surface area contributed by atoms with Gasteiger partial charge in [-0.2, -0.15) is 0 Å². The largest absolute Gasteiger partial charge is 0.481 e. The average Bonchev–Trinajstić information content (AvgIpc) is 3.18. The first-order valence-corrected chi connectivity index (χ1v) is 13.8. The molecule has 0 aromatic carbocycles. The second-order valence-corrected chi connectivity index (χ2v) is 10.5. The minimum atomic E-state index is -0.691. The maximum absolute atomic E-state index is 12.3. The molecule has 6 nitrogen and oxygen atoms in total. The fourth-order valence-electron chi connectivity index (χ4n) is 5.47. The zero-order valence-corrected chi connectivity index (χ0v) is 21.2. The van der Waals surface area contributed by atoms with Gasteiger partial charge in [0, 0.05) is 25.3 Å². The minimum Gasteiger partial charge on any atom is -0.481 e. The van der Waals surface area contributed by atoms with Gasteiger partial charge in [-0.3, -0.25) is 14.4 Å². The summed E-state index contributed by atoms with van der Waals surface area (Å²) < 4.78 is 0. The van der Waals surface area contributed by atoms with E-state index in [0.29, 0.717) is 31.1 Å². The summed E-state index contributed by atoms with van der Waals surface area (Å²) in [6.45, 7) is 2.82. The van der Waals surface area contributed by atoms with Crippen LogP contribution in [-0.2, 0) is 14.4 Å². The van der Waals surface area contributed by atoms with Crippen LogP contribution in [0.25, 0.3) is 0 Å². The summed E-state index contributed by atoms with van der Waals surface area (Å²) >= 11 is 0. The minimum absolute atomic E-state index is 0.0917. The molecule has 2 fully saturated rings. The zero-order valence-electron chi connectivity index (χ0n) is 21.2. The van der Waals surface area contributed by atoms with Crippen molar-refractivity contribution in [2.75, 3.05) is 6.54 Å². The monoisotopic (exact) mass is 477 g/mol. The van der Waals surface area contributed by atoms with E-state index in [4.69, 9.17) is 5.11 Å². The number of Topliss-reactive ketones (excluding diaryl/α,β-unsaturated/α-hetero) is 1. The molecule has 2 aliphatic carbocycles. The van der Waals surface area contributed by atoms with Crippen molar-refractivity contribution >= 4 is 17.7 Å². The summed E-state index contributed by atoms with van der Waals surface area (Å²) in [5, 5.41) is 22.2. The Bertz CT molecular complexity index is 653. The fourth-order valence-corrected chi connectivity index (χ4v) is 5.47. The van der Waals surface area contributed by atoms with Gasteiger partial charge in [0.25, 0.3) is 0 Å². The van der Waals surface area contributed by atoms with Crippen LogP contribution in [0.15, 0.2) is 12.2 Å². The van der Waals surface area contributed by atoms with E-state index >= 15 is 0 Å². The number of aliphatic hydroxyl groups excluding tert-OH is 1. The van der Waals surface area contributed by atoms with E-state index in [1.165, 1.54) is 0 Å². The van der Waals surface area contributed by atoms with Crippen LogP contribution in [0.2, 0.25) is 0 Å². The molecule has 1 amide bonds. The summed E-state index contributed by atoms with van der Waals surface area (Å²) in [5.41, 5.74) is 0. The number of nitrogens with one attached hydrogen (secondary N) is 1. The number of carbonyl (C=O) groups is 3. The number of hydrogen-bond acceptors (Lipinski definition) is 4. The average molecular weight is 478 g/mol. The molecule has 0 aliphatic heterocycles. The molecule has 0 spiro atoms. The topological polar surface area (TPSA) is 104 Å². The highest BCUT2D eigenvalue weighted by atomic mass is 16.4. The van der Waals surface area contributed by atoms with Crippen LogP contribution in [-0.4, -0.2) is 40.5 Å². The number of rotatable bonds is 16. The van der Waals surface area contributed by atoms with Crippen LogP contribution >= 0.6 is 0 Å². The molecule has 2 aliphatic rings.